The van der Waals surface area contributed by atoms with E-state index in [9.17, 15) is 0 Å². The summed E-state index contributed by atoms with van der Waals surface area (Å²) in [5, 5.41) is 3.55. The van der Waals surface area contributed by atoms with Gasteiger partial charge in [0.1, 0.15) is 11.5 Å². The fraction of sp³-hybridized carbons (Fsp3) is 0.447. The summed E-state index contributed by atoms with van der Waals surface area (Å²) in [7, 11) is 0. The number of unbranched alkanes of at least 4 members (excludes halogenated alkanes) is 9. The lowest BCUT2D eigenvalue weighted by Gasteiger charge is -2.09. The van der Waals surface area contributed by atoms with Gasteiger partial charge in [0.25, 0.3) is 0 Å². The first kappa shape index (κ1) is 30.7. The van der Waals surface area contributed by atoms with Gasteiger partial charge in [-0.3, -0.25) is 5.10 Å². The van der Waals surface area contributed by atoms with Gasteiger partial charge in [-0.05, 0) is 73.2 Å². The van der Waals surface area contributed by atoms with Gasteiger partial charge in [0, 0.05) is 0 Å². The largest absolute Gasteiger partial charge is 0.494 e. The first-order valence-electron chi connectivity index (χ1n) is 16.5. The number of imidazole rings is 1. The third-order valence-corrected chi connectivity index (χ3v) is 8.32. The average Bonchev–Trinajstić information content (AvgIpc) is 3.54. The van der Waals surface area contributed by atoms with Crippen LogP contribution in [0.5, 0.6) is 17.2 Å². The van der Waals surface area contributed by atoms with Crippen LogP contribution in [0.4, 0.5) is 0 Å². The molecule has 5 aromatic rings. The molecule has 0 aliphatic rings. The van der Waals surface area contributed by atoms with E-state index >= 15 is 0 Å². The van der Waals surface area contributed by atoms with Gasteiger partial charge in [-0.1, -0.05) is 114 Å². The molecule has 0 radical (unpaired) electrons. The molecule has 0 saturated heterocycles. The third-order valence-electron chi connectivity index (χ3n) is 8.32. The summed E-state index contributed by atoms with van der Waals surface area (Å²) >= 11 is 0. The van der Waals surface area contributed by atoms with Crippen LogP contribution in [0, 0.1) is 6.92 Å². The lowest BCUT2D eigenvalue weighted by molar-refractivity contribution is 0.304. The van der Waals surface area contributed by atoms with Crippen LogP contribution in [-0.4, -0.2) is 21.2 Å². The number of fused-ring (bicyclic) bond motifs is 3. The van der Waals surface area contributed by atoms with Crippen molar-refractivity contribution in [1.29, 1.82) is 0 Å². The maximum Gasteiger partial charge on any atom is 0.198 e. The monoisotopic (exact) mass is 579 g/mol. The van der Waals surface area contributed by atoms with Crippen LogP contribution in [0.15, 0.2) is 66.7 Å². The molecule has 43 heavy (non-hydrogen) atoms. The minimum absolute atomic E-state index is 0.276. The van der Waals surface area contributed by atoms with Gasteiger partial charge in [0.05, 0.1) is 23.3 Å². The van der Waals surface area contributed by atoms with Gasteiger partial charge in [0.2, 0.25) is 0 Å². The summed E-state index contributed by atoms with van der Waals surface area (Å²) in [6.07, 6.45) is 14.3. The van der Waals surface area contributed by atoms with Crippen molar-refractivity contribution in [3.8, 4) is 17.2 Å². The summed E-state index contributed by atoms with van der Waals surface area (Å²) in [5.41, 5.74) is 7.59. The number of nitrogens with one attached hydrogen (secondary N) is 1. The Morgan fingerprint density at radius 3 is 2.05 bits per heavy atom. The second kappa shape index (κ2) is 15.1. The van der Waals surface area contributed by atoms with E-state index in [4.69, 9.17) is 14.5 Å². The van der Waals surface area contributed by atoms with Gasteiger partial charge in [-0.2, -0.15) is 0 Å². The van der Waals surface area contributed by atoms with Crippen LogP contribution in [-0.2, 0) is 6.42 Å². The molecule has 0 aliphatic carbocycles. The van der Waals surface area contributed by atoms with E-state index < -0.39 is 0 Å². The van der Waals surface area contributed by atoms with Crippen LogP contribution in [0.3, 0.4) is 0 Å². The zero-order chi connectivity index (χ0) is 30.0. The number of benzene rings is 3. The fourth-order valence-electron chi connectivity index (χ4n) is 5.73. The standard InChI is InChI=1S/C38H49N3O2/c1-5-6-7-8-9-10-11-12-13-14-25-42-32-22-17-30(18-23-32)26-31-19-24-35-34(27-31)39-38-37(36(28(2)3)40-41(35)38)43-33-20-15-29(4)16-21-33/h15-24,27-28,40H,5-14,25-26H2,1-4H3. The zero-order valence-electron chi connectivity index (χ0n) is 26.6. The van der Waals surface area contributed by atoms with Crippen molar-refractivity contribution in [2.45, 2.75) is 104 Å². The highest BCUT2D eigenvalue weighted by Gasteiger charge is 2.21. The van der Waals surface area contributed by atoms with Gasteiger partial charge in [-0.15, -0.1) is 0 Å². The first-order valence-corrected chi connectivity index (χ1v) is 16.5. The van der Waals surface area contributed by atoms with Crippen molar-refractivity contribution in [3.05, 3.63) is 89.1 Å². The van der Waals surface area contributed by atoms with Gasteiger partial charge >= 0.3 is 0 Å². The molecular formula is C38H49N3O2. The molecule has 1 N–H and O–H groups in total. The lowest BCUT2D eigenvalue weighted by Crippen LogP contribution is -1.97. The highest BCUT2D eigenvalue weighted by Crippen LogP contribution is 2.36. The molecule has 0 amide bonds. The van der Waals surface area contributed by atoms with E-state index in [0.717, 1.165) is 59.1 Å². The quantitative estimate of drug-likeness (QED) is 0.111. The van der Waals surface area contributed by atoms with Gasteiger partial charge in [-0.25, -0.2) is 9.50 Å². The van der Waals surface area contributed by atoms with Crippen LogP contribution in [0.1, 0.15) is 113 Å². The highest BCUT2D eigenvalue weighted by molar-refractivity contribution is 5.83. The molecule has 0 bridgehead atoms. The molecular weight excluding hydrogens is 530 g/mol. The molecule has 5 nitrogen and oxygen atoms in total. The smallest absolute Gasteiger partial charge is 0.198 e. The van der Waals surface area contributed by atoms with E-state index in [1.165, 1.54) is 74.5 Å². The third kappa shape index (κ3) is 8.22. The molecule has 5 rings (SSSR count). The number of aromatic amines is 1. The second-order valence-electron chi connectivity index (χ2n) is 12.4. The Kier molecular flexibility index (Phi) is 10.8. The summed E-state index contributed by atoms with van der Waals surface area (Å²) < 4.78 is 14.5. The average molecular weight is 580 g/mol. The number of hydrogen-bond donors (Lipinski definition) is 1. The van der Waals surface area contributed by atoms with Crippen molar-refractivity contribution in [3.63, 3.8) is 0 Å². The van der Waals surface area contributed by atoms with E-state index in [1.54, 1.807) is 0 Å². The molecule has 228 valence electrons. The Hall–Kier alpha value is -3.73. The predicted octanol–water partition coefficient (Wildman–Crippen LogP) is 10.9. The van der Waals surface area contributed by atoms with Gasteiger partial charge < -0.3 is 9.47 Å². The summed E-state index contributed by atoms with van der Waals surface area (Å²) in [4.78, 5) is 5.02. The summed E-state index contributed by atoms with van der Waals surface area (Å²) in [6, 6.07) is 23.3. The van der Waals surface area contributed by atoms with Crippen molar-refractivity contribution in [1.82, 2.24) is 14.6 Å². The Labute approximate surface area is 257 Å². The Balaban J connectivity index is 1.15. The van der Waals surface area contributed by atoms with Crippen LogP contribution < -0.4 is 9.47 Å². The van der Waals surface area contributed by atoms with E-state index in [1.807, 2.05) is 12.1 Å². The molecule has 0 spiro atoms. The normalized spacial score (nSPS) is 11.7. The number of nitrogens with zero attached hydrogens (tertiary/aromatic N) is 2. The number of rotatable bonds is 17. The molecule has 2 aromatic heterocycles. The van der Waals surface area contributed by atoms with Crippen LogP contribution in [0.25, 0.3) is 16.7 Å². The van der Waals surface area contributed by atoms with Crippen LogP contribution in [0.2, 0.25) is 0 Å². The summed E-state index contributed by atoms with van der Waals surface area (Å²) in [5.74, 6) is 2.85. The minimum atomic E-state index is 0.276. The van der Waals surface area contributed by atoms with Crippen LogP contribution >= 0.6 is 0 Å². The topological polar surface area (TPSA) is 51.5 Å². The van der Waals surface area contributed by atoms with E-state index in [0.29, 0.717) is 0 Å². The van der Waals surface area contributed by atoms with Crippen molar-refractivity contribution < 1.29 is 9.47 Å². The maximum absolute atomic E-state index is 6.39. The molecule has 0 saturated carbocycles. The number of aryl methyl sites for hydroxylation is 1. The Morgan fingerprint density at radius 1 is 0.744 bits per heavy atom. The van der Waals surface area contributed by atoms with Crippen molar-refractivity contribution in [2.75, 3.05) is 6.61 Å². The first-order chi connectivity index (χ1) is 21.0. The maximum atomic E-state index is 6.39. The molecule has 0 atom stereocenters. The SMILES string of the molecule is CCCCCCCCCCCCOc1ccc(Cc2ccc3c(c2)nc2c(Oc4ccc(C)cc4)c(C(C)C)[nH]n23)cc1. The summed E-state index contributed by atoms with van der Waals surface area (Å²) in [6.45, 7) is 9.50. The molecule has 0 unspecified atom stereocenters. The highest BCUT2D eigenvalue weighted by atomic mass is 16.5. The van der Waals surface area contributed by atoms with Crippen molar-refractivity contribution >= 4 is 16.7 Å². The molecule has 3 aromatic carbocycles. The molecule has 2 heterocycles. The molecule has 0 aliphatic heterocycles. The minimum Gasteiger partial charge on any atom is -0.494 e. The van der Waals surface area contributed by atoms with E-state index in [-0.39, 0.29) is 5.92 Å². The fourth-order valence-corrected chi connectivity index (χ4v) is 5.73. The van der Waals surface area contributed by atoms with Crippen molar-refractivity contribution in [2.24, 2.45) is 0 Å². The number of ether oxygens (including phenoxy) is 2. The lowest BCUT2D eigenvalue weighted by atomic mass is 10.0. The number of aromatic nitrogens is 3. The Morgan fingerprint density at radius 2 is 1.37 bits per heavy atom. The predicted molar refractivity (Wildman–Crippen MR) is 179 cm³/mol. The number of hydrogen-bond acceptors (Lipinski definition) is 3. The molecule has 0 fully saturated rings. The Bertz CT molecular complexity index is 1560. The van der Waals surface area contributed by atoms with E-state index in [2.05, 4.69) is 91.9 Å². The second-order valence-corrected chi connectivity index (χ2v) is 12.4. The number of H-pyrrole nitrogens is 1. The zero-order valence-corrected chi connectivity index (χ0v) is 26.6. The van der Waals surface area contributed by atoms with Gasteiger partial charge in [0.15, 0.2) is 11.4 Å². The molecule has 5 heteroatoms.